The quantitative estimate of drug-likeness (QED) is 0.745. The maximum atomic E-state index is 13.3. The standard InChI is InChI=1S/C20H22N4O2.ClH/c1-14-10-15(12-21)13-23(14)20(25)18-11-17(19-8-5-9-26-19)22-24(18)16-6-3-2-4-7-16;/h2-9,11,14-15H,10,12-13,21H2,1H3;1H. The highest BCUT2D eigenvalue weighted by Crippen LogP contribution is 2.27. The van der Waals surface area contributed by atoms with Gasteiger partial charge in [-0.1, -0.05) is 18.2 Å². The highest BCUT2D eigenvalue weighted by molar-refractivity contribution is 5.94. The van der Waals surface area contributed by atoms with E-state index in [4.69, 9.17) is 10.2 Å². The topological polar surface area (TPSA) is 77.3 Å². The Morgan fingerprint density at radius 3 is 2.67 bits per heavy atom. The van der Waals surface area contributed by atoms with Gasteiger partial charge in [0.15, 0.2) is 5.76 Å². The van der Waals surface area contributed by atoms with Crippen LogP contribution in [0.3, 0.4) is 0 Å². The highest BCUT2D eigenvalue weighted by Gasteiger charge is 2.34. The summed E-state index contributed by atoms with van der Waals surface area (Å²) in [6.45, 7) is 3.36. The zero-order chi connectivity index (χ0) is 18.1. The lowest BCUT2D eigenvalue weighted by molar-refractivity contribution is 0.0734. The van der Waals surface area contributed by atoms with E-state index in [0.717, 1.165) is 12.1 Å². The van der Waals surface area contributed by atoms with Crippen LogP contribution in [-0.2, 0) is 0 Å². The number of amides is 1. The van der Waals surface area contributed by atoms with Crippen molar-refractivity contribution in [2.24, 2.45) is 11.7 Å². The molecule has 3 heterocycles. The Bertz CT molecular complexity index is 892. The van der Waals surface area contributed by atoms with Crippen molar-refractivity contribution in [2.75, 3.05) is 13.1 Å². The molecule has 27 heavy (non-hydrogen) atoms. The molecule has 4 rings (SSSR count). The van der Waals surface area contributed by atoms with Crippen LogP contribution < -0.4 is 5.73 Å². The molecule has 2 aromatic heterocycles. The zero-order valence-electron chi connectivity index (χ0n) is 15.1. The van der Waals surface area contributed by atoms with Crippen LogP contribution in [0.15, 0.2) is 59.2 Å². The molecule has 1 aliphatic heterocycles. The van der Waals surface area contributed by atoms with Crippen molar-refractivity contribution in [1.82, 2.24) is 14.7 Å². The Morgan fingerprint density at radius 2 is 2.04 bits per heavy atom. The van der Waals surface area contributed by atoms with Gasteiger partial charge in [0.05, 0.1) is 12.0 Å². The molecule has 1 aromatic carbocycles. The lowest BCUT2D eigenvalue weighted by Crippen LogP contribution is -2.35. The van der Waals surface area contributed by atoms with E-state index in [0.29, 0.717) is 36.2 Å². The van der Waals surface area contributed by atoms with Gasteiger partial charge in [0.2, 0.25) is 0 Å². The molecule has 2 N–H and O–H groups in total. The van der Waals surface area contributed by atoms with Gasteiger partial charge in [0, 0.05) is 18.7 Å². The molecule has 1 fully saturated rings. The molecular formula is C20H23ClN4O2. The Morgan fingerprint density at radius 1 is 1.26 bits per heavy atom. The van der Waals surface area contributed by atoms with Crippen LogP contribution >= 0.6 is 12.4 Å². The van der Waals surface area contributed by atoms with E-state index in [1.807, 2.05) is 47.4 Å². The minimum Gasteiger partial charge on any atom is -0.463 e. The summed E-state index contributed by atoms with van der Waals surface area (Å²) in [5, 5.41) is 4.63. The lowest BCUT2D eigenvalue weighted by atomic mass is 10.1. The van der Waals surface area contributed by atoms with Crippen molar-refractivity contribution in [3.63, 3.8) is 0 Å². The maximum Gasteiger partial charge on any atom is 0.272 e. The van der Waals surface area contributed by atoms with Gasteiger partial charge in [-0.2, -0.15) is 5.10 Å². The summed E-state index contributed by atoms with van der Waals surface area (Å²) in [4.78, 5) is 15.2. The highest BCUT2D eigenvalue weighted by atomic mass is 35.5. The van der Waals surface area contributed by atoms with Crippen molar-refractivity contribution in [3.8, 4) is 17.1 Å². The summed E-state index contributed by atoms with van der Waals surface area (Å²) in [6.07, 6.45) is 2.54. The first kappa shape index (κ1) is 19.2. The number of carbonyl (C=O) groups excluding carboxylic acids is 1. The summed E-state index contributed by atoms with van der Waals surface area (Å²) in [5.41, 5.74) is 7.84. The number of halogens is 1. The number of hydrogen-bond donors (Lipinski definition) is 1. The number of rotatable bonds is 4. The second kappa shape index (κ2) is 7.98. The van der Waals surface area contributed by atoms with E-state index >= 15 is 0 Å². The van der Waals surface area contributed by atoms with Gasteiger partial charge in [-0.25, -0.2) is 4.68 Å². The molecule has 142 valence electrons. The first-order valence-corrected chi connectivity index (χ1v) is 8.87. The summed E-state index contributed by atoms with van der Waals surface area (Å²) in [6, 6.07) is 15.3. The predicted octanol–water partition coefficient (Wildman–Crippen LogP) is 3.36. The van der Waals surface area contributed by atoms with Gasteiger partial charge in [0.25, 0.3) is 5.91 Å². The molecular weight excluding hydrogens is 364 g/mol. The number of nitrogens with two attached hydrogens (primary N) is 1. The molecule has 6 nitrogen and oxygen atoms in total. The molecule has 0 radical (unpaired) electrons. The van der Waals surface area contributed by atoms with Crippen LogP contribution in [-0.4, -0.2) is 39.7 Å². The Kier molecular flexibility index (Phi) is 5.68. The largest absolute Gasteiger partial charge is 0.463 e. The minimum atomic E-state index is -0.0254. The molecule has 0 bridgehead atoms. The Hall–Kier alpha value is -2.57. The number of nitrogens with zero attached hydrogens (tertiary/aromatic N) is 3. The summed E-state index contributed by atoms with van der Waals surface area (Å²) < 4.78 is 7.16. The molecule has 1 amide bonds. The van der Waals surface area contributed by atoms with Crippen molar-refractivity contribution >= 4 is 18.3 Å². The van der Waals surface area contributed by atoms with Gasteiger partial charge in [-0.05, 0) is 50.1 Å². The number of furan rings is 1. The third-order valence-corrected chi connectivity index (χ3v) is 4.96. The fourth-order valence-corrected chi connectivity index (χ4v) is 3.59. The van der Waals surface area contributed by atoms with Crippen molar-refractivity contribution < 1.29 is 9.21 Å². The number of carbonyl (C=O) groups is 1. The fourth-order valence-electron chi connectivity index (χ4n) is 3.59. The monoisotopic (exact) mass is 386 g/mol. The van der Waals surface area contributed by atoms with Gasteiger partial charge in [-0.15, -0.1) is 12.4 Å². The van der Waals surface area contributed by atoms with E-state index in [1.54, 1.807) is 17.0 Å². The van der Waals surface area contributed by atoms with Gasteiger partial charge in [0.1, 0.15) is 11.4 Å². The van der Waals surface area contributed by atoms with Gasteiger partial charge < -0.3 is 15.1 Å². The molecule has 0 aliphatic carbocycles. The second-order valence-electron chi connectivity index (χ2n) is 6.78. The first-order chi connectivity index (χ1) is 12.7. The van der Waals surface area contributed by atoms with Crippen molar-refractivity contribution in [2.45, 2.75) is 19.4 Å². The summed E-state index contributed by atoms with van der Waals surface area (Å²) in [5.74, 6) is 0.970. The normalized spacial score (nSPS) is 19.1. The number of para-hydroxylation sites is 1. The van der Waals surface area contributed by atoms with Crippen LogP contribution in [0.1, 0.15) is 23.8 Å². The SMILES string of the molecule is CC1CC(CN)CN1C(=O)c1cc(-c2ccco2)nn1-c1ccccc1.Cl. The average molecular weight is 387 g/mol. The molecule has 0 saturated carbocycles. The molecule has 3 aromatic rings. The van der Waals surface area contributed by atoms with E-state index in [2.05, 4.69) is 12.0 Å². The smallest absolute Gasteiger partial charge is 0.272 e. The number of hydrogen-bond acceptors (Lipinski definition) is 4. The maximum absolute atomic E-state index is 13.3. The Balaban J connectivity index is 0.00000210. The van der Waals surface area contributed by atoms with Crippen LogP contribution in [0, 0.1) is 5.92 Å². The number of aromatic nitrogens is 2. The zero-order valence-corrected chi connectivity index (χ0v) is 15.9. The van der Waals surface area contributed by atoms with E-state index < -0.39 is 0 Å². The molecule has 2 atom stereocenters. The molecule has 0 spiro atoms. The van der Waals surface area contributed by atoms with Crippen LogP contribution in [0.2, 0.25) is 0 Å². The van der Waals surface area contributed by atoms with E-state index in [9.17, 15) is 4.79 Å². The van der Waals surface area contributed by atoms with Crippen molar-refractivity contribution in [1.29, 1.82) is 0 Å². The van der Waals surface area contributed by atoms with E-state index in [-0.39, 0.29) is 24.4 Å². The average Bonchev–Trinajstić information content (AvgIpc) is 3.40. The van der Waals surface area contributed by atoms with Gasteiger partial charge in [-0.3, -0.25) is 4.79 Å². The summed E-state index contributed by atoms with van der Waals surface area (Å²) >= 11 is 0. The first-order valence-electron chi connectivity index (χ1n) is 8.87. The van der Waals surface area contributed by atoms with Crippen molar-refractivity contribution in [3.05, 3.63) is 60.5 Å². The van der Waals surface area contributed by atoms with Crippen LogP contribution in [0.5, 0.6) is 0 Å². The fraction of sp³-hybridized carbons (Fsp3) is 0.300. The predicted molar refractivity (Wildman–Crippen MR) is 106 cm³/mol. The summed E-state index contributed by atoms with van der Waals surface area (Å²) in [7, 11) is 0. The van der Waals surface area contributed by atoms with Crippen LogP contribution in [0.25, 0.3) is 17.1 Å². The molecule has 2 unspecified atom stereocenters. The number of likely N-dealkylation sites (tertiary alicyclic amines) is 1. The third-order valence-electron chi connectivity index (χ3n) is 4.96. The third kappa shape index (κ3) is 3.63. The van der Waals surface area contributed by atoms with E-state index in [1.165, 1.54) is 0 Å². The molecule has 1 saturated heterocycles. The second-order valence-corrected chi connectivity index (χ2v) is 6.78. The number of benzene rings is 1. The minimum absolute atomic E-state index is 0. The lowest BCUT2D eigenvalue weighted by Gasteiger charge is -2.21. The van der Waals surface area contributed by atoms with Gasteiger partial charge >= 0.3 is 0 Å². The Labute approximate surface area is 164 Å². The van der Waals surface area contributed by atoms with Crippen LogP contribution in [0.4, 0.5) is 0 Å². The molecule has 1 aliphatic rings. The molecule has 7 heteroatoms.